The Balaban J connectivity index is 2.73. The molecule has 0 amide bonds. The molecule has 0 saturated heterocycles. The fourth-order valence-corrected chi connectivity index (χ4v) is 10.1. The summed E-state index contributed by atoms with van der Waals surface area (Å²) in [6, 6.07) is 13.6. The molecule has 0 spiro atoms. The van der Waals surface area contributed by atoms with Crippen LogP contribution in [0.4, 0.5) is 0 Å². The van der Waals surface area contributed by atoms with Gasteiger partial charge in [0.2, 0.25) is 0 Å². The average molecular weight is 340 g/mol. The lowest BCUT2D eigenvalue weighted by Crippen LogP contribution is -2.64. The standard InChI is InChI=1S/C22H33NSi/c1-7-8-11-20-16-19(6)13-14-21(20)24(17(2)3,18(4)5)22-12-9-10-15-23-22/h9-10,12-18H,7-8,11H2,1-6H3. The van der Waals surface area contributed by atoms with Crippen molar-refractivity contribution in [3.05, 3.63) is 53.7 Å². The summed E-state index contributed by atoms with van der Waals surface area (Å²) < 4.78 is 0. The van der Waals surface area contributed by atoms with Crippen LogP contribution in [0.15, 0.2) is 42.6 Å². The van der Waals surface area contributed by atoms with Gasteiger partial charge >= 0.3 is 0 Å². The Morgan fingerprint density at radius 2 is 1.71 bits per heavy atom. The first-order valence-corrected chi connectivity index (χ1v) is 11.6. The van der Waals surface area contributed by atoms with Gasteiger partial charge in [0.15, 0.2) is 0 Å². The lowest BCUT2D eigenvalue weighted by Gasteiger charge is -2.40. The third-order valence-electron chi connectivity index (χ3n) is 5.42. The van der Waals surface area contributed by atoms with Gasteiger partial charge in [-0.05, 0) is 53.7 Å². The predicted molar refractivity (Wildman–Crippen MR) is 109 cm³/mol. The summed E-state index contributed by atoms with van der Waals surface area (Å²) in [6.07, 6.45) is 5.67. The van der Waals surface area contributed by atoms with E-state index in [1.54, 1.807) is 10.8 Å². The topological polar surface area (TPSA) is 12.9 Å². The molecule has 0 N–H and O–H groups in total. The SMILES string of the molecule is CCCCc1cc(C)ccc1[Si](c1ccccn1)(C(C)C)C(C)C. The van der Waals surface area contributed by atoms with Crippen LogP contribution in [0.1, 0.15) is 58.6 Å². The molecule has 1 aromatic carbocycles. The largest absolute Gasteiger partial charge is 0.266 e. The summed E-state index contributed by atoms with van der Waals surface area (Å²) in [7, 11) is -1.93. The van der Waals surface area contributed by atoms with Crippen molar-refractivity contribution in [2.75, 3.05) is 0 Å². The number of benzene rings is 1. The van der Waals surface area contributed by atoms with Crippen molar-refractivity contribution < 1.29 is 0 Å². The van der Waals surface area contributed by atoms with E-state index in [2.05, 4.69) is 71.9 Å². The molecular weight excluding hydrogens is 306 g/mol. The lowest BCUT2D eigenvalue weighted by atomic mass is 10.1. The minimum atomic E-state index is -1.93. The maximum Gasteiger partial charge on any atom is 0.146 e. The number of aryl methyl sites for hydroxylation is 2. The van der Waals surface area contributed by atoms with E-state index >= 15 is 0 Å². The zero-order valence-electron chi connectivity index (χ0n) is 16.3. The van der Waals surface area contributed by atoms with Crippen molar-refractivity contribution in [3.63, 3.8) is 0 Å². The number of hydrogen-bond donors (Lipinski definition) is 0. The summed E-state index contributed by atoms with van der Waals surface area (Å²) in [5, 5.41) is 2.96. The van der Waals surface area contributed by atoms with Crippen LogP contribution in [0.5, 0.6) is 0 Å². The molecule has 0 bridgehead atoms. The fourth-order valence-electron chi connectivity index (χ4n) is 4.33. The summed E-state index contributed by atoms with van der Waals surface area (Å²) in [5.74, 6) is 0. The van der Waals surface area contributed by atoms with Gasteiger partial charge in [0.05, 0.1) is 0 Å². The van der Waals surface area contributed by atoms with E-state index in [1.807, 2.05) is 12.3 Å². The van der Waals surface area contributed by atoms with Gasteiger partial charge in [-0.1, -0.05) is 70.9 Å². The monoisotopic (exact) mass is 339 g/mol. The van der Waals surface area contributed by atoms with E-state index in [0.717, 1.165) is 0 Å². The Hall–Kier alpha value is -1.41. The van der Waals surface area contributed by atoms with E-state index < -0.39 is 8.07 Å². The molecule has 0 unspecified atom stereocenters. The predicted octanol–water partition coefficient (Wildman–Crippen LogP) is 5.12. The van der Waals surface area contributed by atoms with Crippen molar-refractivity contribution in [1.82, 2.24) is 4.98 Å². The number of pyridine rings is 1. The van der Waals surface area contributed by atoms with Gasteiger partial charge in [0.25, 0.3) is 0 Å². The highest BCUT2D eigenvalue weighted by atomic mass is 28.3. The van der Waals surface area contributed by atoms with Gasteiger partial charge in [-0.2, -0.15) is 0 Å². The summed E-state index contributed by atoms with van der Waals surface area (Å²) in [5.41, 5.74) is 4.18. The molecule has 0 radical (unpaired) electrons. The second-order valence-corrected chi connectivity index (χ2v) is 12.8. The lowest BCUT2D eigenvalue weighted by molar-refractivity contribution is 0.795. The molecular formula is C22H33NSi. The molecule has 1 nitrogen and oxygen atoms in total. The van der Waals surface area contributed by atoms with E-state index in [0.29, 0.717) is 11.1 Å². The van der Waals surface area contributed by atoms with Crippen LogP contribution in [0.25, 0.3) is 0 Å². The normalized spacial score (nSPS) is 12.2. The van der Waals surface area contributed by atoms with Gasteiger partial charge < -0.3 is 0 Å². The maximum atomic E-state index is 4.88. The summed E-state index contributed by atoms with van der Waals surface area (Å²) in [6.45, 7) is 14.1. The minimum absolute atomic E-state index is 0.621. The molecule has 0 saturated carbocycles. The Bertz CT molecular complexity index is 638. The van der Waals surface area contributed by atoms with Crippen LogP contribution in [0.3, 0.4) is 0 Å². The van der Waals surface area contributed by atoms with Crippen LogP contribution >= 0.6 is 0 Å². The third-order valence-corrected chi connectivity index (χ3v) is 11.6. The molecule has 0 fully saturated rings. The quantitative estimate of drug-likeness (QED) is 0.638. The van der Waals surface area contributed by atoms with Crippen molar-refractivity contribution in [1.29, 1.82) is 0 Å². The molecule has 2 aromatic rings. The number of hydrogen-bond acceptors (Lipinski definition) is 1. The Labute approximate surface area is 149 Å². The number of unbranched alkanes of at least 4 members (excludes halogenated alkanes) is 1. The van der Waals surface area contributed by atoms with Crippen molar-refractivity contribution in [2.24, 2.45) is 0 Å². The van der Waals surface area contributed by atoms with Crippen molar-refractivity contribution >= 4 is 18.6 Å². The second kappa shape index (κ2) is 8.11. The summed E-state index contributed by atoms with van der Waals surface area (Å²) in [4.78, 5) is 4.88. The first-order valence-electron chi connectivity index (χ1n) is 9.46. The molecule has 0 aliphatic rings. The summed E-state index contributed by atoms with van der Waals surface area (Å²) >= 11 is 0. The van der Waals surface area contributed by atoms with Gasteiger partial charge in [0.1, 0.15) is 8.07 Å². The van der Waals surface area contributed by atoms with Crippen LogP contribution in [-0.4, -0.2) is 13.1 Å². The van der Waals surface area contributed by atoms with E-state index in [1.165, 1.54) is 30.1 Å². The molecule has 130 valence electrons. The number of aromatic nitrogens is 1. The molecule has 1 heterocycles. The smallest absolute Gasteiger partial charge is 0.146 e. The van der Waals surface area contributed by atoms with Crippen molar-refractivity contribution in [3.8, 4) is 0 Å². The molecule has 1 aromatic heterocycles. The van der Waals surface area contributed by atoms with Gasteiger partial charge in [-0.15, -0.1) is 0 Å². The number of rotatable bonds is 7. The van der Waals surface area contributed by atoms with Crippen molar-refractivity contribution in [2.45, 2.75) is 71.9 Å². The van der Waals surface area contributed by atoms with Gasteiger partial charge in [-0.3, -0.25) is 4.98 Å². The van der Waals surface area contributed by atoms with Gasteiger partial charge in [-0.25, -0.2) is 0 Å². The second-order valence-electron chi connectivity index (χ2n) is 7.66. The van der Waals surface area contributed by atoms with E-state index in [4.69, 9.17) is 4.98 Å². The molecule has 0 aliphatic heterocycles. The zero-order chi connectivity index (χ0) is 17.7. The number of nitrogens with zero attached hydrogens (tertiary/aromatic N) is 1. The Morgan fingerprint density at radius 1 is 1.00 bits per heavy atom. The van der Waals surface area contributed by atoms with E-state index in [9.17, 15) is 0 Å². The van der Waals surface area contributed by atoms with Crippen LogP contribution in [-0.2, 0) is 6.42 Å². The Kier molecular flexibility index (Phi) is 6.39. The Morgan fingerprint density at radius 3 is 2.25 bits per heavy atom. The average Bonchev–Trinajstić information content (AvgIpc) is 2.55. The highest BCUT2D eigenvalue weighted by Gasteiger charge is 2.45. The van der Waals surface area contributed by atoms with Crippen LogP contribution in [0.2, 0.25) is 11.1 Å². The minimum Gasteiger partial charge on any atom is -0.266 e. The van der Waals surface area contributed by atoms with Crippen LogP contribution in [0, 0.1) is 6.92 Å². The fraction of sp³-hybridized carbons (Fsp3) is 0.500. The first-order chi connectivity index (χ1) is 11.4. The van der Waals surface area contributed by atoms with Crippen LogP contribution < -0.4 is 10.5 Å². The van der Waals surface area contributed by atoms with E-state index in [-0.39, 0.29) is 0 Å². The third kappa shape index (κ3) is 3.49. The molecule has 0 atom stereocenters. The zero-order valence-corrected chi connectivity index (χ0v) is 17.3. The molecule has 2 rings (SSSR count). The maximum absolute atomic E-state index is 4.88. The van der Waals surface area contributed by atoms with Gasteiger partial charge in [0, 0.05) is 11.5 Å². The highest BCUT2D eigenvalue weighted by Crippen LogP contribution is 2.33. The molecule has 24 heavy (non-hydrogen) atoms. The first kappa shape index (κ1) is 18.9. The molecule has 0 aliphatic carbocycles. The molecule has 2 heteroatoms. The highest BCUT2D eigenvalue weighted by molar-refractivity contribution is 7.03.